The smallest absolute Gasteiger partial charge is 0.123 e. The first kappa shape index (κ1) is 11.0. The molecule has 14 heavy (non-hydrogen) atoms. The Morgan fingerprint density at radius 1 is 1.14 bits per heavy atom. The molecule has 0 radical (unpaired) electrons. The number of hydrogen-bond acceptors (Lipinski definition) is 1. The highest BCUT2D eigenvalue weighted by Gasteiger charge is 2.10. The van der Waals surface area contributed by atoms with Gasteiger partial charge in [-0.15, -0.1) is 0 Å². The number of halogens is 1. The van der Waals surface area contributed by atoms with Crippen molar-refractivity contribution in [2.24, 2.45) is 0 Å². The van der Waals surface area contributed by atoms with Gasteiger partial charge >= 0.3 is 0 Å². The minimum atomic E-state index is -0.204. The molecule has 0 aliphatic heterocycles. The first-order valence-corrected chi connectivity index (χ1v) is 4.96. The fourth-order valence-electron chi connectivity index (χ4n) is 1.33. The molecule has 0 N–H and O–H groups in total. The Balaban J connectivity index is 3.02. The summed E-state index contributed by atoms with van der Waals surface area (Å²) in [6.45, 7) is 7.99. The second-order valence-electron chi connectivity index (χ2n) is 4.00. The maximum Gasteiger partial charge on any atom is 0.123 e. The van der Waals surface area contributed by atoms with Crippen LogP contribution in [0.15, 0.2) is 18.2 Å². The summed E-state index contributed by atoms with van der Waals surface area (Å²) in [6, 6.07) is 4.68. The average Bonchev–Trinajstić information content (AvgIpc) is 2.07. The van der Waals surface area contributed by atoms with E-state index in [1.54, 1.807) is 12.1 Å². The first-order chi connectivity index (χ1) is 6.50. The molecule has 0 atom stereocenters. The van der Waals surface area contributed by atoms with E-state index in [0.717, 1.165) is 11.3 Å². The van der Waals surface area contributed by atoms with Crippen molar-refractivity contribution < 1.29 is 9.13 Å². The quantitative estimate of drug-likeness (QED) is 0.715. The molecule has 0 aliphatic rings. The van der Waals surface area contributed by atoms with Gasteiger partial charge in [-0.2, -0.15) is 0 Å². The summed E-state index contributed by atoms with van der Waals surface area (Å²) in [5, 5.41) is 0. The van der Waals surface area contributed by atoms with Gasteiger partial charge in [0.1, 0.15) is 11.6 Å². The Kier molecular flexibility index (Phi) is 3.50. The molecule has 0 fully saturated rings. The van der Waals surface area contributed by atoms with Gasteiger partial charge in [0.25, 0.3) is 0 Å². The summed E-state index contributed by atoms with van der Waals surface area (Å²) >= 11 is 0. The van der Waals surface area contributed by atoms with Crippen molar-refractivity contribution in [3.8, 4) is 5.75 Å². The van der Waals surface area contributed by atoms with Crippen LogP contribution in [0.25, 0.3) is 0 Å². The summed E-state index contributed by atoms with van der Waals surface area (Å²) < 4.78 is 18.6. The van der Waals surface area contributed by atoms with Crippen molar-refractivity contribution in [2.45, 2.75) is 39.7 Å². The highest BCUT2D eigenvalue weighted by atomic mass is 19.1. The fraction of sp³-hybridized carbons (Fsp3) is 0.500. The van der Waals surface area contributed by atoms with E-state index in [1.807, 2.05) is 27.7 Å². The summed E-state index contributed by atoms with van der Waals surface area (Å²) in [5.41, 5.74) is 0.929. The summed E-state index contributed by atoms with van der Waals surface area (Å²) in [4.78, 5) is 0. The van der Waals surface area contributed by atoms with Crippen LogP contribution in [-0.4, -0.2) is 6.10 Å². The number of benzene rings is 1. The first-order valence-electron chi connectivity index (χ1n) is 4.96. The van der Waals surface area contributed by atoms with E-state index < -0.39 is 0 Å². The van der Waals surface area contributed by atoms with Crippen LogP contribution in [0.3, 0.4) is 0 Å². The van der Waals surface area contributed by atoms with Crippen molar-refractivity contribution >= 4 is 0 Å². The SMILES string of the molecule is CC(C)Oc1ccc(F)cc1C(C)C. The van der Waals surface area contributed by atoms with Crippen LogP contribution >= 0.6 is 0 Å². The van der Waals surface area contributed by atoms with E-state index in [0.29, 0.717) is 0 Å². The molecule has 0 unspecified atom stereocenters. The maximum absolute atomic E-state index is 13.0. The second kappa shape index (κ2) is 4.45. The van der Waals surface area contributed by atoms with Crippen molar-refractivity contribution in [2.75, 3.05) is 0 Å². The standard InChI is InChI=1S/C12H17FO/c1-8(2)11-7-10(13)5-6-12(11)14-9(3)4/h5-9H,1-4H3. The summed E-state index contributed by atoms with van der Waals surface area (Å²) in [7, 11) is 0. The topological polar surface area (TPSA) is 9.23 Å². The Bertz CT molecular complexity index is 305. The van der Waals surface area contributed by atoms with Gasteiger partial charge in [-0.3, -0.25) is 0 Å². The lowest BCUT2D eigenvalue weighted by atomic mass is 10.0. The third-order valence-corrected chi connectivity index (χ3v) is 1.96. The molecule has 78 valence electrons. The van der Waals surface area contributed by atoms with E-state index in [9.17, 15) is 4.39 Å². The zero-order valence-corrected chi connectivity index (χ0v) is 9.17. The van der Waals surface area contributed by atoms with Crippen molar-refractivity contribution in [3.05, 3.63) is 29.6 Å². The summed E-state index contributed by atoms with van der Waals surface area (Å²) in [5.74, 6) is 0.862. The Morgan fingerprint density at radius 2 is 1.79 bits per heavy atom. The van der Waals surface area contributed by atoms with Crippen molar-refractivity contribution in [1.29, 1.82) is 0 Å². The lowest BCUT2D eigenvalue weighted by molar-refractivity contribution is 0.239. The lowest BCUT2D eigenvalue weighted by Gasteiger charge is -2.16. The van der Waals surface area contributed by atoms with E-state index in [4.69, 9.17) is 4.74 Å². The molecule has 1 rings (SSSR count). The Hall–Kier alpha value is -1.05. The molecule has 1 nitrogen and oxygen atoms in total. The molecule has 2 heteroatoms. The third-order valence-electron chi connectivity index (χ3n) is 1.96. The van der Waals surface area contributed by atoms with E-state index >= 15 is 0 Å². The minimum Gasteiger partial charge on any atom is -0.491 e. The lowest BCUT2D eigenvalue weighted by Crippen LogP contribution is -2.08. The van der Waals surface area contributed by atoms with E-state index in [2.05, 4.69) is 0 Å². The molecule has 0 aromatic heterocycles. The van der Waals surface area contributed by atoms with Crippen LogP contribution in [0.1, 0.15) is 39.2 Å². The predicted octanol–water partition coefficient (Wildman–Crippen LogP) is 3.74. The Labute approximate surface area is 84.9 Å². The number of hydrogen-bond donors (Lipinski definition) is 0. The average molecular weight is 196 g/mol. The molecule has 0 saturated heterocycles. The molecule has 0 saturated carbocycles. The van der Waals surface area contributed by atoms with Crippen molar-refractivity contribution in [3.63, 3.8) is 0 Å². The van der Waals surface area contributed by atoms with Crippen LogP contribution in [0, 0.1) is 5.82 Å². The zero-order valence-electron chi connectivity index (χ0n) is 9.17. The number of rotatable bonds is 3. The van der Waals surface area contributed by atoms with Gasteiger partial charge in [0.15, 0.2) is 0 Å². The molecular weight excluding hydrogens is 179 g/mol. The molecule has 0 spiro atoms. The predicted molar refractivity (Wildman–Crippen MR) is 56.3 cm³/mol. The minimum absolute atomic E-state index is 0.123. The molecule has 1 aromatic carbocycles. The van der Waals surface area contributed by atoms with Gasteiger partial charge in [0.2, 0.25) is 0 Å². The zero-order chi connectivity index (χ0) is 10.7. The molecule has 1 aromatic rings. The molecule has 0 bridgehead atoms. The van der Waals surface area contributed by atoms with Crippen LogP contribution in [0.5, 0.6) is 5.75 Å². The summed E-state index contributed by atoms with van der Waals surface area (Å²) in [6.07, 6.45) is 0.123. The van der Waals surface area contributed by atoms with Crippen LogP contribution < -0.4 is 4.74 Å². The highest BCUT2D eigenvalue weighted by Crippen LogP contribution is 2.27. The normalized spacial score (nSPS) is 11.1. The van der Waals surface area contributed by atoms with Crippen LogP contribution in [0.2, 0.25) is 0 Å². The number of ether oxygens (including phenoxy) is 1. The highest BCUT2D eigenvalue weighted by molar-refractivity contribution is 5.36. The fourth-order valence-corrected chi connectivity index (χ4v) is 1.33. The molecule has 0 heterocycles. The van der Waals surface area contributed by atoms with E-state index in [1.165, 1.54) is 6.07 Å². The van der Waals surface area contributed by atoms with Gasteiger partial charge in [-0.1, -0.05) is 13.8 Å². The van der Waals surface area contributed by atoms with Crippen LogP contribution in [-0.2, 0) is 0 Å². The third kappa shape index (κ3) is 2.72. The van der Waals surface area contributed by atoms with Gasteiger partial charge in [0.05, 0.1) is 6.10 Å². The monoisotopic (exact) mass is 196 g/mol. The van der Waals surface area contributed by atoms with Crippen LogP contribution in [0.4, 0.5) is 4.39 Å². The molecular formula is C12H17FO. The van der Waals surface area contributed by atoms with E-state index in [-0.39, 0.29) is 17.8 Å². The van der Waals surface area contributed by atoms with Gasteiger partial charge in [-0.05, 0) is 43.5 Å². The van der Waals surface area contributed by atoms with Crippen molar-refractivity contribution in [1.82, 2.24) is 0 Å². The Morgan fingerprint density at radius 3 is 2.29 bits per heavy atom. The largest absolute Gasteiger partial charge is 0.491 e. The van der Waals surface area contributed by atoms with Gasteiger partial charge in [0, 0.05) is 0 Å². The van der Waals surface area contributed by atoms with Gasteiger partial charge in [-0.25, -0.2) is 4.39 Å². The van der Waals surface area contributed by atoms with Gasteiger partial charge < -0.3 is 4.74 Å². The molecule has 0 aliphatic carbocycles. The maximum atomic E-state index is 13.0. The second-order valence-corrected chi connectivity index (χ2v) is 4.00. The molecule has 0 amide bonds.